The molecule has 1 aliphatic heterocycles. The predicted octanol–water partition coefficient (Wildman–Crippen LogP) is 2.76. The Balaban J connectivity index is 0.000000336. The van der Waals surface area contributed by atoms with Crippen LogP contribution in [0.3, 0.4) is 0 Å². The van der Waals surface area contributed by atoms with E-state index in [1.54, 1.807) is 0 Å². The molecule has 2 atom stereocenters. The van der Waals surface area contributed by atoms with Crippen molar-refractivity contribution in [3.05, 3.63) is 0 Å². The molecule has 0 aromatic rings. The number of rotatable bonds is 0. The van der Waals surface area contributed by atoms with Gasteiger partial charge in [-0.15, -0.1) is 0 Å². The number of hydrogen-bond donors (Lipinski definition) is 0. The molecule has 0 N–H and O–H groups in total. The van der Waals surface area contributed by atoms with Crippen molar-refractivity contribution in [2.75, 3.05) is 20.1 Å². The highest BCUT2D eigenvalue weighted by atomic mass is 15.1. The van der Waals surface area contributed by atoms with Crippen molar-refractivity contribution in [2.24, 2.45) is 11.8 Å². The summed E-state index contributed by atoms with van der Waals surface area (Å²) in [5.41, 5.74) is 0. The molecule has 2 rings (SSSR count). The van der Waals surface area contributed by atoms with Crippen LogP contribution in [-0.4, -0.2) is 25.0 Å². The van der Waals surface area contributed by atoms with E-state index in [1.165, 1.54) is 38.8 Å². The van der Waals surface area contributed by atoms with E-state index in [9.17, 15) is 0 Å². The third-order valence-corrected chi connectivity index (χ3v) is 3.16. The molecule has 0 aromatic carbocycles. The lowest BCUT2D eigenvalue weighted by atomic mass is 9.82. The van der Waals surface area contributed by atoms with E-state index in [4.69, 9.17) is 0 Å². The van der Waals surface area contributed by atoms with Crippen LogP contribution >= 0.6 is 0 Å². The van der Waals surface area contributed by atoms with E-state index in [0.29, 0.717) is 0 Å². The maximum Gasteiger partial charge on any atom is 0.000985 e. The summed E-state index contributed by atoms with van der Waals surface area (Å²) in [6, 6.07) is 0. The molecule has 0 spiro atoms. The summed E-state index contributed by atoms with van der Waals surface area (Å²) in [7, 11) is 2.26. The van der Waals surface area contributed by atoms with Gasteiger partial charge in [0.15, 0.2) is 0 Å². The van der Waals surface area contributed by atoms with Crippen LogP contribution in [0, 0.1) is 11.8 Å². The Morgan fingerprint density at radius 3 is 1.75 bits per heavy atom. The van der Waals surface area contributed by atoms with E-state index in [0.717, 1.165) is 11.8 Å². The quantitative estimate of drug-likeness (QED) is 0.539. The zero-order valence-corrected chi connectivity index (χ0v) is 8.84. The average Bonchev–Trinajstić information content (AvgIpc) is 2.48. The SMILES string of the molecule is CC.CN1CC2CCCCC2C1. The third-order valence-electron chi connectivity index (χ3n) is 3.16. The summed E-state index contributed by atoms with van der Waals surface area (Å²) in [5, 5.41) is 0. The molecule has 2 fully saturated rings. The van der Waals surface area contributed by atoms with Crippen molar-refractivity contribution < 1.29 is 0 Å². The minimum atomic E-state index is 1.07. The summed E-state index contributed by atoms with van der Waals surface area (Å²) in [6.45, 7) is 6.76. The fourth-order valence-electron chi connectivity index (χ4n) is 2.64. The smallest absolute Gasteiger partial charge is 0.000985 e. The zero-order valence-electron chi connectivity index (χ0n) is 8.84. The van der Waals surface area contributed by atoms with Crippen LogP contribution in [-0.2, 0) is 0 Å². The van der Waals surface area contributed by atoms with Gasteiger partial charge in [0.05, 0.1) is 0 Å². The van der Waals surface area contributed by atoms with Gasteiger partial charge in [0, 0.05) is 13.1 Å². The van der Waals surface area contributed by atoms with Gasteiger partial charge in [0.25, 0.3) is 0 Å². The van der Waals surface area contributed by atoms with Crippen molar-refractivity contribution in [3.63, 3.8) is 0 Å². The molecule has 2 aliphatic rings. The summed E-state index contributed by atoms with van der Waals surface area (Å²) in [5.74, 6) is 2.14. The molecular weight excluding hydrogens is 146 g/mol. The Hall–Kier alpha value is -0.0400. The van der Waals surface area contributed by atoms with Crippen molar-refractivity contribution in [2.45, 2.75) is 39.5 Å². The average molecular weight is 169 g/mol. The van der Waals surface area contributed by atoms with Gasteiger partial charge in [-0.25, -0.2) is 0 Å². The second-order valence-corrected chi connectivity index (χ2v) is 4.03. The van der Waals surface area contributed by atoms with Crippen LogP contribution in [0.5, 0.6) is 0 Å². The van der Waals surface area contributed by atoms with E-state index in [2.05, 4.69) is 11.9 Å². The molecular formula is C11H23N. The van der Waals surface area contributed by atoms with Crippen molar-refractivity contribution in [1.82, 2.24) is 4.90 Å². The molecule has 1 aliphatic carbocycles. The summed E-state index contributed by atoms with van der Waals surface area (Å²) < 4.78 is 0. The van der Waals surface area contributed by atoms with Gasteiger partial charge in [-0.05, 0) is 31.7 Å². The molecule has 1 saturated carbocycles. The molecule has 12 heavy (non-hydrogen) atoms. The van der Waals surface area contributed by atoms with Crippen LogP contribution in [0.1, 0.15) is 39.5 Å². The largest absolute Gasteiger partial charge is 0.306 e. The van der Waals surface area contributed by atoms with Crippen LogP contribution in [0.25, 0.3) is 0 Å². The zero-order chi connectivity index (χ0) is 8.97. The number of likely N-dealkylation sites (tertiary alicyclic amines) is 1. The monoisotopic (exact) mass is 169 g/mol. The number of hydrogen-bond acceptors (Lipinski definition) is 1. The van der Waals surface area contributed by atoms with Crippen molar-refractivity contribution in [1.29, 1.82) is 0 Å². The number of nitrogens with zero attached hydrogens (tertiary/aromatic N) is 1. The van der Waals surface area contributed by atoms with Crippen molar-refractivity contribution in [3.8, 4) is 0 Å². The normalized spacial score (nSPS) is 35.2. The molecule has 1 heterocycles. The van der Waals surface area contributed by atoms with Gasteiger partial charge in [-0.2, -0.15) is 0 Å². The highest BCUT2D eigenvalue weighted by molar-refractivity contribution is 4.84. The topological polar surface area (TPSA) is 3.24 Å². The maximum absolute atomic E-state index is 2.50. The second kappa shape index (κ2) is 4.86. The van der Waals surface area contributed by atoms with Gasteiger partial charge in [0.2, 0.25) is 0 Å². The Kier molecular flexibility index (Phi) is 4.07. The van der Waals surface area contributed by atoms with Gasteiger partial charge in [-0.1, -0.05) is 26.7 Å². The first kappa shape index (κ1) is 10.0. The minimum absolute atomic E-state index is 1.07. The fourth-order valence-corrected chi connectivity index (χ4v) is 2.64. The fraction of sp³-hybridized carbons (Fsp3) is 1.00. The summed E-state index contributed by atoms with van der Waals surface area (Å²) >= 11 is 0. The highest BCUT2D eigenvalue weighted by Crippen LogP contribution is 2.34. The van der Waals surface area contributed by atoms with E-state index < -0.39 is 0 Å². The molecule has 2 unspecified atom stereocenters. The number of fused-ring (bicyclic) bond motifs is 1. The van der Waals surface area contributed by atoms with E-state index in [1.807, 2.05) is 13.8 Å². The lowest BCUT2D eigenvalue weighted by Crippen LogP contribution is -2.16. The van der Waals surface area contributed by atoms with Gasteiger partial charge in [-0.3, -0.25) is 0 Å². The summed E-state index contributed by atoms with van der Waals surface area (Å²) in [6.07, 6.45) is 6.01. The first-order chi connectivity index (χ1) is 5.86. The van der Waals surface area contributed by atoms with Gasteiger partial charge in [0.1, 0.15) is 0 Å². The predicted molar refractivity (Wildman–Crippen MR) is 54.3 cm³/mol. The molecule has 0 amide bonds. The van der Waals surface area contributed by atoms with Crippen LogP contribution < -0.4 is 0 Å². The van der Waals surface area contributed by atoms with E-state index >= 15 is 0 Å². The molecule has 1 heteroatoms. The second-order valence-electron chi connectivity index (χ2n) is 4.03. The Bertz CT molecular complexity index is 108. The van der Waals surface area contributed by atoms with Gasteiger partial charge >= 0.3 is 0 Å². The molecule has 0 aromatic heterocycles. The molecule has 1 nitrogen and oxygen atoms in total. The maximum atomic E-state index is 2.50. The molecule has 0 bridgehead atoms. The lowest BCUT2D eigenvalue weighted by molar-refractivity contribution is 0.299. The lowest BCUT2D eigenvalue weighted by Gasteiger charge is -2.23. The Morgan fingerprint density at radius 2 is 1.33 bits per heavy atom. The van der Waals surface area contributed by atoms with E-state index in [-0.39, 0.29) is 0 Å². The first-order valence-electron chi connectivity index (χ1n) is 5.55. The molecule has 1 saturated heterocycles. The Labute approximate surface area is 77.1 Å². The third kappa shape index (κ3) is 2.22. The van der Waals surface area contributed by atoms with Crippen LogP contribution in [0.2, 0.25) is 0 Å². The summed E-state index contributed by atoms with van der Waals surface area (Å²) in [4.78, 5) is 2.50. The van der Waals surface area contributed by atoms with Crippen molar-refractivity contribution >= 4 is 0 Å². The van der Waals surface area contributed by atoms with Gasteiger partial charge < -0.3 is 4.90 Å². The molecule has 0 radical (unpaired) electrons. The van der Waals surface area contributed by atoms with Crippen LogP contribution in [0.15, 0.2) is 0 Å². The minimum Gasteiger partial charge on any atom is -0.306 e. The Morgan fingerprint density at radius 1 is 0.917 bits per heavy atom. The standard InChI is InChI=1S/C9H17N.C2H6/c1-10-6-8-4-2-3-5-9(8)7-10;1-2/h8-9H,2-7H2,1H3;1-2H3. The first-order valence-corrected chi connectivity index (χ1v) is 5.55. The molecule has 72 valence electrons. The van der Waals surface area contributed by atoms with Crippen LogP contribution in [0.4, 0.5) is 0 Å². The highest BCUT2D eigenvalue weighted by Gasteiger charge is 2.31.